The van der Waals surface area contributed by atoms with Gasteiger partial charge in [-0.2, -0.15) is 22.0 Å². The summed E-state index contributed by atoms with van der Waals surface area (Å²) in [6.07, 6.45) is -7.31. The van der Waals surface area contributed by atoms with Crippen molar-refractivity contribution in [2.24, 2.45) is 0 Å². The highest BCUT2D eigenvalue weighted by atomic mass is 32.1. The van der Waals surface area contributed by atoms with Gasteiger partial charge in [-0.25, -0.2) is 4.79 Å². The van der Waals surface area contributed by atoms with Gasteiger partial charge in [0.25, 0.3) is 0 Å². The van der Waals surface area contributed by atoms with Crippen LogP contribution in [0.25, 0.3) is 0 Å². The van der Waals surface area contributed by atoms with Gasteiger partial charge in [0.2, 0.25) is 0 Å². The quantitative estimate of drug-likeness (QED) is 0.368. The molecular formula is C13H18F5NO5S. The summed E-state index contributed by atoms with van der Waals surface area (Å²) in [7, 11) is 0. The number of hydrogen-bond donors (Lipinski definition) is 1. The first-order valence-corrected chi connectivity index (χ1v) is 7.55. The molecular weight excluding hydrogens is 377 g/mol. The molecule has 0 spiro atoms. The number of rotatable bonds is 9. The van der Waals surface area contributed by atoms with Crippen molar-refractivity contribution in [1.82, 2.24) is 5.32 Å². The lowest BCUT2D eigenvalue weighted by Gasteiger charge is -2.23. The fourth-order valence-corrected chi connectivity index (χ4v) is 1.64. The van der Waals surface area contributed by atoms with Crippen molar-refractivity contribution in [3.05, 3.63) is 0 Å². The molecule has 1 atom stereocenters. The van der Waals surface area contributed by atoms with Crippen molar-refractivity contribution >= 4 is 29.3 Å². The molecule has 0 bridgehead atoms. The highest BCUT2D eigenvalue weighted by Crippen LogP contribution is 2.35. The first-order valence-electron chi connectivity index (χ1n) is 7.14. The Labute approximate surface area is 146 Å². The first kappa shape index (κ1) is 23.3. The summed E-state index contributed by atoms with van der Waals surface area (Å²) in [6, 6.07) is -1.29. The maximum absolute atomic E-state index is 12.9. The lowest BCUT2D eigenvalue weighted by atomic mass is 10.1. The number of thiocarbonyl (C=S) groups is 1. The van der Waals surface area contributed by atoms with Gasteiger partial charge in [-0.05, 0) is 32.5 Å². The molecule has 0 saturated carbocycles. The van der Waals surface area contributed by atoms with Crippen molar-refractivity contribution in [2.75, 3.05) is 19.8 Å². The molecule has 0 fully saturated rings. The molecule has 146 valence electrons. The van der Waals surface area contributed by atoms with Crippen LogP contribution in [-0.4, -0.2) is 55.1 Å². The van der Waals surface area contributed by atoms with E-state index >= 15 is 0 Å². The Kier molecular flexibility index (Phi) is 9.60. The molecule has 0 aromatic carbocycles. The van der Waals surface area contributed by atoms with Gasteiger partial charge in [0.1, 0.15) is 6.04 Å². The Hall–Kier alpha value is -1.72. The van der Waals surface area contributed by atoms with E-state index in [2.05, 4.69) is 31.7 Å². The zero-order valence-corrected chi connectivity index (χ0v) is 14.3. The van der Waals surface area contributed by atoms with E-state index in [-0.39, 0.29) is 26.1 Å². The van der Waals surface area contributed by atoms with Gasteiger partial charge in [0, 0.05) is 6.42 Å². The predicted octanol–water partition coefficient (Wildman–Crippen LogP) is 2.99. The molecule has 0 aromatic rings. The minimum absolute atomic E-state index is 0.0177. The van der Waals surface area contributed by atoms with Gasteiger partial charge in [0.05, 0.1) is 13.2 Å². The highest BCUT2D eigenvalue weighted by molar-refractivity contribution is 7.80. The van der Waals surface area contributed by atoms with Gasteiger partial charge in [0.15, 0.2) is 11.7 Å². The third-order valence-corrected chi connectivity index (χ3v) is 3.01. The topological polar surface area (TPSA) is 73.9 Å². The van der Waals surface area contributed by atoms with E-state index in [1.807, 2.05) is 0 Å². The van der Waals surface area contributed by atoms with Crippen LogP contribution in [0.4, 0.5) is 26.7 Å². The third-order valence-electron chi connectivity index (χ3n) is 2.60. The Morgan fingerprint density at radius 1 is 1.04 bits per heavy atom. The molecule has 0 aromatic heterocycles. The minimum Gasteiger partial charge on any atom is -0.478 e. The number of carbonyl (C=O) groups excluding carboxylic acids is 2. The number of amides is 1. The van der Waals surface area contributed by atoms with Gasteiger partial charge >= 0.3 is 24.2 Å². The Balaban J connectivity index is 4.84. The molecule has 1 unspecified atom stereocenters. The van der Waals surface area contributed by atoms with Crippen LogP contribution in [-0.2, 0) is 19.0 Å². The average Bonchev–Trinajstić information content (AvgIpc) is 2.48. The summed E-state index contributed by atoms with van der Waals surface area (Å²) < 4.78 is 75.6. The summed E-state index contributed by atoms with van der Waals surface area (Å²) in [4.78, 5) is 22.7. The zero-order valence-electron chi connectivity index (χ0n) is 13.5. The number of alkyl halides is 5. The molecule has 25 heavy (non-hydrogen) atoms. The van der Waals surface area contributed by atoms with Crippen molar-refractivity contribution in [3.63, 3.8) is 0 Å². The number of alkyl carbamates (subject to hydrolysis) is 1. The molecule has 0 rings (SSSR count). The molecule has 1 N–H and O–H groups in total. The third kappa shape index (κ3) is 8.79. The Morgan fingerprint density at radius 2 is 1.60 bits per heavy atom. The van der Waals surface area contributed by atoms with E-state index in [1.165, 1.54) is 6.92 Å². The summed E-state index contributed by atoms with van der Waals surface area (Å²) in [6.45, 7) is 1.07. The van der Waals surface area contributed by atoms with Crippen LogP contribution in [0.5, 0.6) is 0 Å². The number of carbonyl (C=O) groups is 2. The van der Waals surface area contributed by atoms with Gasteiger partial charge in [-0.1, -0.05) is 0 Å². The van der Waals surface area contributed by atoms with Gasteiger partial charge in [-0.15, -0.1) is 0 Å². The smallest absolute Gasteiger partial charge is 0.456 e. The lowest BCUT2D eigenvalue weighted by molar-refractivity contribution is -0.291. The molecule has 0 aliphatic carbocycles. The van der Waals surface area contributed by atoms with Crippen LogP contribution in [0.2, 0.25) is 0 Å². The van der Waals surface area contributed by atoms with E-state index in [9.17, 15) is 31.5 Å². The Morgan fingerprint density at radius 3 is 2.08 bits per heavy atom. The number of halogens is 5. The molecule has 12 heteroatoms. The second-order valence-electron chi connectivity index (χ2n) is 4.57. The summed E-state index contributed by atoms with van der Waals surface area (Å²) in [5, 5.41) is 1.39. The molecule has 0 radical (unpaired) electrons. The van der Waals surface area contributed by atoms with E-state index < -0.39 is 41.9 Å². The average molecular weight is 395 g/mol. The SMILES string of the molecule is CCOC(=O)CCC(NC(=O)OCC)C(=S)OCC(F)(F)C(F)(F)F. The van der Waals surface area contributed by atoms with Crippen LogP contribution in [0.1, 0.15) is 26.7 Å². The summed E-state index contributed by atoms with van der Waals surface area (Å²) >= 11 is 4.64. The Bertz CT molecular complexity index is 472. The first-order chi connectivity index (χ1) is 11.4. The second kappa shape index (κ2) is 10.3. The number of nitrogens with one attached hydrogen (secondary N) is 1. The maximum atomic E-state index is 12.9. The van der Waals surface area contributed by atoms with Crippen molar-refractivity contribution < 1.29 is 45.8 Å². The highest BCUT2D eigenvalue weighted by Gasteiger charge is 2.58. The summed E-state index contributed by atoms with van der Waals surface area (Å²) in [5.41, 5.74) is 0. The maximum Gasteiger partial charge on any atom is 0.456 e. The van der Waals surface area contributed by atoms with Crippen molar-refractivity contribution in [2.45, 2.75) is 44.8 Å². The zero-order chi connectivity index (χ0) is 19.7. The van der Waals surface area contributed by atoms with E-state index in [0.29, 0.717) is 0 Å². The monoisotopic (exact) mass is 395 g/mol. The van der Waals surface area contributed by atoms with E-state index in [1.54, 1.807) is 6.92 Å². The molecule has 0 aliphatic heterocycles. The van der Waals surface area contributed by atoms with E-state index in [0.717, 1.165) is 0 Å². The van der Waals surface area contributed by atoms with Crippen LogP contribution < -0.4 is 5.32 Å². The number of esters is 1. The molecule has 1 amide bonds. The molecule has 6 nitrogen and oxygen atoms in total. The van der Waals surface area contributed by atoms with Crippen LogP contribution in [0.3, 0.4) is 0 Å². The predicted molar refractivity (Wildman–Crippen MR) is 79.4 cm³/mol. The normalized spacial score (nSPS) is 12.9. The lowest BCUT2D eigenvalue weighted by Crippen LogP contribution is -2.45. The number of ether oxygens (including phenoxy) is 3. The van der Waals surface area contributed by atoms with Gasteiger partial charge < -0.3 is 19.5 Å². The number of hydrogen-bond acceptors (Lipinski definition) is 6. The van der Waals surface area contributed by atoms with Crippen molar-refractivity contribution in [1.29, 1.82) is 0 Å². The summed E-state index contributed by atoms with van der Waals surface area (Å²) in [5.74, 6) is -5.78. The van der Waals surface area contributed by atoms with Crippen LogP contribution >= 0.6 is 12.2 Å². The standard InChI is InChI=1S/C13H18F5NO5S/c1-3-22-9(20)6-5-8(19-11(21)23-4-2)10(25)24-7-12(14,15)13(16,17)18/h8H,3-7H2,1-2H3,(H,19,21). The van der Waals surface area contributed by atoms with Crippen LogP contribution in [0, 0.1) is 0 Å². The largest absolute Gasteiger partial charge is 0.478 e. The fraction of sp³-hybridized carbons (Fsp3) is 0.769. The van der Waals surface area contributed by atoms with Crippen molar-refractivity contribution in [3.8, 4) is 0 Å². The second-order valence-corrected chi connectivity index (χ2v) is 4.97. The van der Waals surface area contributed by atoms with E-state index in [4.69, 9.17) is 0 Å². The molecule has 0 aliphatic rings. The molecule has 0 heterocycles. The van der Waals surface area contributed by atoms with Crippen LogP contribution in [0.15, 0.2) is 0 Å². The fourth-order valence-electron chi connectivity index (χ4n) is 1.40. The minimum atomic E-state index is -5.81. The molecule has 0 saturated heterocycles. The van der Waals surface area contributed by atoms with Gasteiger partial charge in [-0.3, -0.25) is 4.79 Å².